The topological polar surface area (TPSA) is 61.1 Å². The third-order valence-corrected chi connectivity index (χ3v) is 4.54. The first kappa shape index (κ1) is 17.1. The zero-order valence-electron chi connectivity index (χ0n) is 13.1. The van der Waals surface area contributed by atoms with Crippen LogP contribution in [0.25, 0.3) is 11.3 Å². The summed E-state index contributed by atoms with van der Waals surface area (Å²) in [5.41, 5.74) is 5.83. The Bertz CT molecular complexity index is 973. The average molecular weight is 371 g/mol. The molecule has 0 saturated carbocycles. The molecule has 124 valence electrons. The first-order chi connectivity index (χ1) is 12.1. The number of nitrogens with one attached hydrogen (secondary N) is 1. The number of hydrazone groups is 1. The van der Waals surface area contributed by atoms with E-state index in [1.165, 1.54) is 23.5 Å². The largest absolute Gasteiger partial charge is 0.277 e. The lowest BCUT2D eigenvalue weighted by atomic mass is 10.2. The molecule has 0 aliphatic rings. The molecular weight excluding hydrogens is 359 g/mol. The maximum atomic E-state index is 13.3. The summed E-state index contributed by atoms with van der Waals surface area (Å²) in [4.78, 5) is 4.44. The Kier molecular flexibility index (Phi) is 5.08. The van der Waals surface area contributed by atoms with Crippen LogP contribution >= 0.6 is 22.9 Å². The fraction of sp³-hybridized carbons (Fsp3) is 0.0556. The number of nitriles is 1. The molecule has 1 heterocycles. The number of nitrogens with zero attached hydrogens (tertiary/aromatic N) is 3. The van der Waals surface area contributed by atoms with Gasteiger partial charge in [0, 0.05) is 16.0 Å². The molecular formula is C18H12ClFN4S. The van der Waals surface area contributed by atoms with Crippen LogP contribution in [-0.4, -0.2) is 10.7 Å². The highest BCUT2D eigenvalue weighted by Gasteiger charge is 2.11. The highest BCUT2D eigenvalue weighted by molar-refractivity contribution is 7.12. The summed E-state index contributed by atoms with van der Waals surface area (Å²) >= 11 is 7.20. The van der Waals surface area contributed by atoms with Crippen molar-refractivity contribution in [1.82, 2.24) is 4.98 Å². The summed E-state index contributed by atoms with van der Waals surface area (Å²) in [5.74, 6) is -0.374. The molecule has 0 aliphatic carbocycles. The smallest absolute Gasteiger partial charge is 0.196 e. The van der Waals surface area contributed by atoms with E-state index in [0.717, 1.165) is 16.8 Å². The van der Waals surface area contributed by atoms with Crippen LogP contribution in [0.1, 0.15) is 10.6 Å². The monoisotopic (exact) mass is 370 g/mol. The van der Waals surface area contributed by atoms with Crippen molar-refractivity contribution in [2.45, 2.75) is 6.92 Å². The molecule has 25 heavy (non-hydrogen) atoms. The molecule has 0 radical (unpaired) electrons. The van der Waals surface area contributed by atoms with E-state index in [-0.39, 0.29) is 11.5 Å². The molecule has 7 heteroatoms. The van der Waals surface area contributed by atoms with Crippen LogP contribution in [-0.2, 0) is 0 Å². The highest BCUT2D eigenvalue weighted by Crippen LogP contribution is 2.24. The minimum absolute atomic E-state index is 0.133. The lowest BCUT2D eigenvalue weighted by Crippen LogP contribution is -2.02. The molecule has 0 saturated heterocycles. The Balaban J connectivity index is 1.85. The predicted molar refractivity (Wildman–Crippen MR) is 99.5 cm³/mol. The summed E-state index contributed by atoms with van der Waals surface area (Å²) in [7, 11) is 0. The van der Waals surface area contributed by atoms with Gasteiger partial charge in [-0.2, -0.15) is 10.4 Å². The van der Waals surface area contributed by atoms with Crippen LogP contribution in [0.5, 0.6) is 0 Å². The lowest BCUT2D eigenvalue weighted by molar-refractivity contribution is 0.628. The van der Waals surface area contributed by atoms with Crippen molar-refractivity contribution in [1.29, 1.82) is 5.26 Å². The number of halogens is 2. The zero-order valence-corrected chi connectivity index (χ0v) is 14.7. The number of aryl methyl sites for hydroxylation is 1. The second kappa shape index (κ2) is 7.43. The molecule has 0 unspecified atom stereocenters. The first-order valence-electron chi connectivity index (χ1n) is 7.28. The van der Waals surface area contributed by atoms with Gasteiger partial charge in [0.2, 0.25) is 0 Å². The van der Waals surface area contributed by atoms with Crippen molar-refractivity contribution in [2.24, 2.45) is 5.10 Å². The van der Waals surface area contributed by atoms with Gasteiger partial charge in [0.1, 0.15) is 11.9 Å². The number of benzene rings is 2. The fourth-order valence-corrected chi connectivity index (χ4v) is 2.98. The Morgan fingerprint density at radius 3 is 2.76 bits per heavy atom. The molecule has 4 nitrogen and oxygen atoms in total. The third-order valence-electron chi connectivity index (χ3n) is 3.44. The van der Waals surface area contributed by atoms with Crippen LogP contribution in [0.2, 0.25) is 5.02 Å². The molecule has 3 aromatic rings. The van der Waals surface area contributed by atoms with Gasteiger partial charge in [-0.25, -0.2) is 9.37 Å². The van der Waals surface area contributed by atoms with E-state index in [4.69, 9.17) is 11.6 Å². The number of rotatable bonds is 4. The summed E-state index contributed by atoms with van der Waals surface area (Å²) in [6, 6.07) is 13.6. The molecule has 0 atom stereocenters. The second-order valence-electron chi connectivity index (χ2n) is 5.19. The van der Waals surface area contributed by atoms with Crippen molar-refractivity contribution >= 4 is 34.3 Å². The van der Waals surface area contributed by atoms with Crippen molar-refractivity contribution < 1.29 is 4.39 Å². The molecule has 0 bridgehead atoms. The summed E-state index contributed by atoms with van der Waals surface area (Å²) < 4.78 is 13.3. The predicted octanol–water partition coefficient (Wildman–Crippen LogP) is 5.25. The standard InChI is InChI=1S/C18H12ClFN4S/c1-11-2-7-14(20)8-15(11)23-24-16(9-21)18-22-17(10-25-18)12-3-5-13(19)6-4-12/h2-8,10,23H,1H3/b24-16-. The van der Waals surface area contributed by atoms with Crippen LogP contribution in [0.4, 0.5) is 10.1 Å². The summed E-state index contributed by atoms with van der Waals surface area (Å²) in [6.45, 7) is 1.82. The van der Waals surface area contributed by atoms with Gasteiger partial charge in [-0.1, -0.05) is 29.8 Å². The van der Waals surface area contributed by atoms with Crippen LogP contribution in [0.3, 0.4) is 0 Å². The number of hydrogen-bond donors (Lipinski definition) is 1. The first-order valence-corrected chi connectivity index (χ1v) is 8.54. The van der Waals surface area contributed by atoms with Crippen LogP contribution < -0.4 is 5.43 Å². The average Bonchev–Trinajstić information content (AvgIpc) is 3.09. The van der Waals surface area contributed by atoms with Gasteiger partial charge in [-0.05, 0) is 36.8 Å². The van der Waals surface area contributed by atoms with E-state index < -0.39 is 0 Å². The van der Waals surface area contributed by atoms with Crippen LogP contribution in [0.15, 0.2) is 52.9 Å². The van der Waals surface area contributed by atoms with E-state index in [2.05, 4.69) is 15.5 Å². The summed E-state index contributed by atoms with van der Waals surface area (Å²) in [6.07, 6.45) is 0. The molecule has 0 spiro atoms. The highest BCUT2D eigenvalue weighted by atomic mass is 35.5. The van der Waals surface area contributed by atoms with Crippen molar-refractivity contribution in [3.63, 3.8) is 0 Å². The van der Waals surface area contributed by atoms with Crippen molar-refractivity contribution in [3.8, 4) is 17.3 Å². The quantitative estimate of drug-likeness (QED) is 0.504. The number of thiazole rings is 1. The molecule has 0 amide bonds. The molecule has 1 N–H and O–H groups in total. The maximum absolute atomic E-state index is 13.3. The maximum Gasteiger partial charge on any atom is 0.196 e. The second-order valence-corrected chi connectivity index (χ2v) is 6.48. The molecule has 1 aromatic heterocycles. The summed E-state index contributed by atoms with van der Waals surface area (Å²) in [5, 5.41) is 16.4. The molecule has 2 aromatic carbocycles. The van der Waals surface area contributed by atoms with E-state index in [1.807, 2.05) is 30.5 Å². The zero-order chi connectivity index (χ0) is 17.8. The molecule has 0 fully saturated rings. The number of hydrogen-bond acceptors (Lipinski definition) is 5. The van der Waals surface area contributed by atoms with Crippen molar-refractivity contribution in [3.05, 3.63) is 69.3 Å². The molecule has 3 rings (SSSR count). The minimum atomic E-state index is -0.374. The number of anilines is 1. The Hall–Kier alpha value is -2.75. The number of aromatic nitrogens is 1. The van der Waals surface area contributed by atoms with Gasteiger partial charge >= 0.3 is 0 Å². The van der Waals surface area contributed by atoms with E-state index in [1.54, 1.807) is 18.2 Å². The van der Waals surface area contributed by atoms with Crippen molar-refractivity contribution in [2.75, 3.05) is 5.43 Å². The molecule has 0 aliphatic heterocycles. The Morgan fingerprint density at radius 2 is 2.04 bits per heavy atom. The van der Waals surface area contributed by atoms with Gasteiger partial charge in [0.05, 0.1) is 11.4 Å². The SMILES string of the molecule is Cc1ccc(F)cc1N/N=C(/C#N)c1nc(-c2ccc(Cl)cc2)cs1. The van der Waals surface area contributed by atoms with E-state index in [0.29, 0.717) is 15.7 Å². The van der Waals surface area contributed by atoms with Gasteiger partial charge in [0.25, 0.3) is 0 Å². The van der Waals surface area contributed by atoms with Gasteiger partial charge in [-0.3, -0.25) is 5.43 Å². The fourth-order valence-electron chi connectivity index (χ4n) is 2.09. The Morgan fingerprint density at radius 1 is 1.28 bits per heavy atom. The van der Waals surface area contributed by atoms with Gasteiger partial charge in [0.15, 0.2) is 10.7 Å². The third kappa shape index (κ3) is 4.02. The van der Waals surface area contributed by atoms with Crippen LogP contribution in [0, 0.1) is 24.1 Å². The Labute approximate surface area is 153 Å². The van der Waals surface area contributed by atoms with E-state index in [9.17, 15) is 9.65 Å². The van der Waals surface area contributed by atoms with Gasteiger partial charge < -0.3 is 0 Å². The minimum Gasteiger partial charge on any atom is -0.277 e. The normalized spacial score (nSPS) is 11.2. The lowest BCUT2D eigenvalue weighted by Gasteiger charge is -2.04. The van der Waals surface area contributed by atoms with E-state index >= 15 is 0 Å². The van der Waals surface area contributed by atoms with Gasteiger partial charge in [-0.15, -0.1) is 11.3 Å².